The molecule has 0 unspecified atom stereocenters. The Balaban J connectivity index is 2.49. The van der Waals surface area contributed by atoms with Crippen molar-refractivity contribution in [2.75, 3.05) is 4.31 Å². The molecule has 0 aliphatic carbocycles. The Morgan fingerprint density at radius 1 is 1.30 bits per heavy atom. The maximum Gasteiger partial charge on any atom is 0.433 e. The molecular formula is C10H6F3N3O5S2. The second-order valence-electron chi connectivity index (χ2n) is 3.96. The highest BCUT2D eigenvalue weighted by molar-refractivity contribution is 7.87. The number of rotatable bonds is 4. The van der Waals surface area contributed by atoms with Gasteiger partial charge in [0.2, 0.25) is 5.13 Å². The number of anilines is 2. The van der Waals surface area contributed by atoms with Gasteiger partial charge in [-0.15, -0.1) is 11.3 Å². The lowest BCUT2D eigenvalue weighted by Gasteiger charge is -2.17. The van der Waals surface area contributed by atoms with E-state index in [1.54, 1.807) is 0 Å². The minimum absolute atomic E-state index is 0.178. The first kappa shape index (κ1) is 17.1. The van der Waals surface area contributed by atoms with Crippen LogP contribution in [0, 0.1) is 0 Å². The van der Waals surface area contributed by atoms with Crippen LogP contribution in [-0.2, 0) is 16.5 Å². The van der Waals surface area contributed by atoms with Gasteiger partial charge in [0.15, 0.2) is 5.69 Å². The highest BCUT2D eigenvalue weighted by atomic mass is 32.2. The van der Waals surface area contributed by atoms with Gasteiger partial charge in [-0.3, -0.25) is 4.55 Å². The molecule has 0 radical (unpaired) electrons. The average Bonchev–Trinajstić information content (AvgIpc) is 2.86. The van der Waals surface area contributed by atoms with E-state index < -0.39 is 44.7 Å². The van der Waals surface area contributed by atoms with Gasteiger partial charge in [0, 0.05) is 5.38 Å². The summed E-state index contributed by atoms with van der Waals surface area (Å²) in [5.41, 5.74) is -2.19. The number of nitrogens with zero attached hydrogens (tertiary/aromatic N) is 3. The minimum Gasteiger partial charge on any atom is -0.476 e. The molecule has 2 rings (SSSR count). The fourth-order valence-corrected chi connectivity index (χ4v) is 3.22. The van der Waals surface area contributed by atoms with Crippen LogP contribution in [0.2, 0.25) is 0 Å². The number of hydrogen-bond donors (Lipinski definition) is 2. The summed E-state index contributed by atoms with van der Waals surface area (Å²) in [5.74, 6) is -1.44. The lowest BCUT2D eigenvalue weighted by molar-refractivity contribution is -0.141. The van der Waals surface area contributed by atoms with Crippen molar-refractivity contribution in [2.45, 2.75) is 6.18 Å². The first-order valence-corrected chi connectivity index (χ1v) is 7.77. The average molecular weight is 369 g/mol. The highest BCUT2D eigenvalue weighted by Gasteiger charge is 2.33. The molecule has 0 bridgehead atoms. The van der Waals surface area contributed by atoms with Gasteiger partial charge in [-0.25, -0.2) is 14.8 Å². The summed E-state index contributed by atoms with van der Waals surface area (Å²) < 4.78 is 69.6. The third-order valence-corrected chi connectivity index (χ3v) is 4.18. The highest BCUT2D eigenvalue weighted by Crippen LogP contribution is 2.33. The number of aromatic carboxylic acids is 1. The summed E-state index contributed by atoms with van der Waals surface area (Å²) in [6.45, 7) is 0. The zero-order valence-corrected chi connectivity index (χ0v) is 12.4. The molecule has 2 aromatic rings. The second-order valence-corrected chi connectivity index (χ2v) is 6.06. The molecule has 13 heteroatoms. The summed E-state index contributed by atoms with van der Waals surface area (Å²) in [4.78, 5) is 17.3. The number of alkyl halides is 3. The van der Waals surface area contributed by atoms with Crippen molar-refractivity contribution in [3.63, 3.8) is 0 Å². The molecule has 0 saturated carbocycles. The normalized spacial score (nSPS) is 12.2. The number of aromatic nitrogens is 2. The van der Waals surface area contributed by atoms with Gasteiger partial charge in [-0.1, -0.05) is 0 Å². The van der Waals surface area contributed by atoms with Crippen molar-refractivity contribution in [1.29, 1.82) is 0 Å². The van der Waals surface area contributed by atoms with Gasteiger partial charge in [0.1, 0.15) is 5.69 Å². The Morgan fingerprint density at radius 3 is 2.35 bits per heavy atom. The molecule has 0 atom stereocenters. The van der Waals surface area contributed by atoms with Crippen LogP contribution in [0.15, 0.2) is 23.7 Å². The molecule has 0 amide bonds. The van der Waals surface area contributed by atoms with E-state index in [0.29, 0.717) is 23.6 Å². The molecule has 0 spiro atoms. The molecule has 2 heterocycles. The van der Waals surface area contributed by atoms with Gasteiger partial charge in [0.25, 0.3) is 0 Å². The predicted octanol–water partition coefficient (Wildman–Crippen LogP) is 2.20. The topological polar surface area (TPSA) is 121 Å². The van der Waals surface area contributed by atoms with Gasteiger partial charge in [-0.2, -0.15) is 25.9 Å². The van der Waals surface area contributed by atoms with Crippen LogP contribution in [0.25, 0.3) is 0 Å². The first-order valence-electron chi connectivity index (χ1n) is 5.50. The third kappa shape index (κ3) is 3.75. The maximum absolute atomic E-state index is 12.5. The first-order chi connectivity index (χ1) is 10.5. The van der Waals surface area contributed by atoms with Crippen LogP contribution in [-0.4, -0.2) is 34.0 Å². The van der Waals surface area contributed by atoms with E-state index in [0.717, 1.165) is 11.4 Å². The fourth-order valence-electron chi connectivity index (χ4n) is 1.47. The molecule has 23 heavy (non-hydrogen) atoms. The molecule has 2 N–H and O–H groups in total. The maximum atomic E-state index is 12.5. The monoisotopic (exact) mass is 369 g/mol. The van der Waals surface area contributed by atoms with E-state index in [1.165, 1.54) is 0 Å². The lowest BCUT2D eigenvalue weighted by atomic mass is 10.3. The predicted molar refractivity (Wildman–Crippen MR) is 72.0 cm³/mol. The van der Waals surface area contributed by atoms with Gasteiger partial charge >= 0.3 is 22.4 Å². The number of carboxylic acid groups (broad SMARTS) is 1. The van der Waals surface area contributed by atoms with E-state index in [2.05, 4.69) is 9.97 Å². The van der Waals surface area contributed by atoms with Crippen molar-refractivity contribution in [3.8, 4) is 0 Å². The second kappa shape index (κ2) is 5.75. The van der Waals surface area contributed by atoms with Crippen molar-refractivity contribution >= 4 is 38.4 Å². The van der Waals surface area contributed by atoms with Crippen molar-refractivity contribution in [2.24, 2.45) is 0 Å². The van der Waals surface area contributed by atoms with E-state index in [-0.39, 0.29) is 4.31 Å². The van der Waals surface area contributed by atoms with Crippen molar-refractivity contribution in [1.82, 2.24) is 9.97 Å². The number of hydrogen-bond acceptors (Lipinski definition) is 6. The van der Waals surface area contributed by atoms with Crippen LogP contribution in [0.1, 0.15) is 16.2 Å². The largest absolute Gasteiger partial charge is 0.476 e. The molecular weight excluding hydrogens is 363 g/mol. The van der Waals surface area contributed by atoms with Crippen LogP contribution in [0.4, 0.5) is 24.0 Å². The van der Waals surface area contributed by atoms with E-state index in [9.17, 15) is 30.9 Å². The Morgan fingerprint density at radius 2 is 1.96 bits per heavy atom. The lowest BCUT2D eigenvalue weighted by Crippen LogP contribution is -2.25. The van der Waals surface area contributed by atoms with Gasteiger partial charge in [-0.05, 0) is 12.1 Å². The van der Waals surface area contributed by atoms with Crippen LogP contribution in [0.3, 0.4) is 0 Å². The Hall–Kier alpha value is -2.25. The van der Waals surface area contributed by atoms with E-state index >= 15 is 0 Å². The summed E-state index contributed by atoms with van der Waals surface area (Å²) in [5, 5.41) is 9.30. The molecule has 8 nitrogen and oxygen atoms in total. The number of halogens is 3. The molecule has 0 fully saturated rings. The summed E-state index contributed by atoms with van der Waals surface area (Å²) in [7, 11) is -4.96. The fraction of sp³-hybridized carbons (Fsp3) is 0.100. The minimum atomic E-state index is -4.96. The van der Waals surface area contributed by atoms with Gasteiger partial charge < -0.3 is 5.11 Å². The molecule has 2 aromatic heterocycles. The van der Waals surface area contributed by atoms with Crippen molar-refractivity contribution < 1.29 is 36.0 Å². The summed E-state index contributed by atoms with van der Waals surface area (Å²) >= 11 is 0.562. The smallest absolute Gasteiger partial charge is 0.433 e. The zero-order valence-electron chi connectivity index (χ0n) is 10.7. The molecule has 0 aromatic carbocycles. The SMILES string of the molecule is O=C(O)c1csc(N(c2ccc(C(F)(F)F)nc2)S(=O)(=O)O)n1. The number of carboxylic acids is 1. The van der Waals surface area contributed by atoms with Crippen LogP contribution in [0.5, 0.6) is 0 Å². The van der Waals surface area contributed by atoms with Crippen LogP contribution >= 0.6 is 11.3 Å². The molecule has 0 saturated heterocycles. The Labute approximate surface area is 130 Å². The number of pyridine rings is 1. The van der Waals surface area contributed by atoms with E-state index in [1.807, 2.05) is 0 Å². The van der Waals surface area contributed by atoms with Gasteiger partial charge in [0.05, 0.1) is 11.9 Å². The molecule has 0 aliphatic heterocycles. The third-order valence-electron chi connectivity index (χ3n) is 2.39. The molecule has 124 valence electrons. The van der Waals surface area contributed by atoms with Crippen LogP contribution < -0.4 is 4.31 Å². The Kier molecular flexibility index (Phi) is 4.28. The quantitative estimate of drug-likeness (QED) is 0.793. The zero-order chi connectivity index (χ0) is 17.4. The summed E-state index contributed by atoms with van der Waals surface area (Å²) in [6, 6.07) is 1.27. The van der Waals surface area contributed by atoms with Crippen molar-refractivity contribution in [3.05, 3.63) is 35.1 Å². The van der Waals surface area contributed by atoms with E-state index in [4.69, 9.17) is 5.11 Å². The molecule has 0 aliphatic rings. The summed E-state index contributed by atoms with van der Waals surface area (Å²) in [6.07, 6.45) is -4.16. The number of carbonyl (C=O) groups is 1. The number of thiazole rings is 1. The standard InChI is InChI=1S/C10H6F3N3O5S2/c11-10(12,13)7-2-1-5(3-14-7)16(23(19,20)21)9-15-6(4-22-9)8(17)18/h1-4H,(H,17,18)(H,19,20,21). The Bertz CT molecular complexity index is 832.